The van der Waals surface area contributed by atoms with Crippen molar-refractivity contribution in [2.45, 2.75) is 46.5 Å². The molecule has 1 aromatic carbocycles. The maximum Gasteiger partial charge on any atom is 0.336 e. The van der Waals surface area contributed by atoms with E-state index in [2.05, 4.69) is 10.3 Å². The van der Waals surface area contributed by atoms with E-state index in [1.54, 1.807) is 26.4 Å². The molecular weight excluding hydrogens is 394 g/mol. The lowest BCUT2D eigenvalue weighted by Crippen LogP contribution is -2.34. The summed E-state index contributed by atoms with van der Waals surface area (Å²) in [6.45, 7) is 8.00. The Hall–Kier alpha value is -3.35. The highest BCUT2D eigenvalue weighted by molar-refractivity contribution is 6.00. The molecule has 1 aliphatic rings. The molecule has 2 aromatic rings. The number of nitrogens with one attached hydrogen (secondary N) is 1. The second-order valence-corrected chi connectivity index (χ2v) is 7.06. The van der Waals surface area contributed by atoms with Gasteiger partial charge in [-0.1, -0.05) is 26.0 Å². The molecule has 0 fully saturated rings. The minimum absolute atomic E-state index is 0.250. The van der Waals surface area contributed by atoms with Crippen LogP contribution < -0.4 is 5.32 Å². The van der Waals surface area contributed by atoms with Gasteiger partial charge in [0.25, 0.3) is 0 Å². The molecule has 0 radical (unpaired) electrons. The number of dihydropyridines is 1. The highest BCUT2D eigenvalue weighted by Gasteiger charge is 2.39. The SMILES string of the molecule is CCOC(=O)C1=C(CC)NC(CC)=C(C(=O)OCC)C1c1cccc(-n2ccnc2)c1. The van der Waals surface area contributed by atoms with Crippen LogP contribution in [0.1, 0.15) is 52.0 Å². The summed E-state index contributed by atoms with van der Waals surface area (Å²) < 4.78 is 12.7. The fraction of sp³-hybridized carbons (Fsp3) is 0.375. The van der Waals surface area contributed by atoms with Crippen LogP contribution in [0.2, 0.25) is 0 Å². The molecule has 1 aromatic heterocycles. The van der Waals surface area contributed by atoms with Crippen LogP contribution in [0.5, 0.6) is 0 Å². The molecule has 1 aliphatic heterocycles. The third-order valence-electron chi connectivity index (χ3n) is 5.23. The summed E-state index contributed by atoms with van der Waals surface area (Å²) in [6, 6.07) is 7.76. The number of rotatable bonds is 8. The van der Waals surface area contributed by atoms with E-state index in [0.29, 0.717) is 24.0 Å². The third-order valence-corrected chi connectivity index (χ3v) is 5.23. The van der Waals surface area contributed by atoms with Crippen molar-refractivity contribution in [2.24, 2.45) is 0 Å². The fourth-order valence-electron chi connectivity index (χ4n) is 3.88. The number of allylic oxidation sites excluding steroid dienone is 2. The number of hydrogen-bond donors (Lipinski definition) is 1. The molecular formula is C24H29N3O4. The maximum absolute atomic E-state index is 13.1. The van der Waals surface area contributed by atoms with Gasteiger partial charge in [-0.2, -0.15) is 0 Å². The lowest BCUT2D eigenvalue weighted by molar-refractivity contribution is -0.139. The van der Waals surface area contributed by atoms with Crippen molar-refractivity contribution in [1.29, 1.82) is 0 Å². The van der Waals surface area contributed by atoms with Gasteiger partial charge in [-0.05, 0) is 44.4 Å². The summed E-state index contributed by atoms with van der Waals surface area (Å²) >= 11 is 0. The van der Waals surface area contributed by atoms with E-state index in [1.165, 1.54) is 0 Å². The van der Waals surface area contributed by atoms with E-state index in [4.69, 9.17) is 9.47 Å². The molecule has 1 N–H and O–H groups in total. The first-order valence-corrected chi connectivity index (χ1v) is 10.7. The van der Waals surface area contributed by atoms with Crippen LogP contribution in [0.4, 0.5) is 0 Å². The molecule has 31 heavy (non-hydrogen) atoms. The Labute approximate surface area is 182 Å². The first-order valence-electron chi connectivity index (χ1n) is 10.7. The average molecular weight is 424 g/mol. The number of carbonyl (C=O) groups excluding carboxylic acids is 2. The Morgan fingerprint density at radius 3 is 2.10 bits per heavy atom. The van der Waals surface area contributed by atoms with Gasteiger partial charge < -0.3 is 19.4 Å². The first-order chi connectivity index (χ1) is 15.0. The minimum atomic E-state index is -0.590. The van der Waals surface area contributed by atoms with E-state index in [-0.39, 0.29) is 13.2 Å². The highest BCUT2D eigenvalue weighted by Crippen LogP contribution is 2.41. The molecule has 0 aliphatic carbocycles. The normalized spacial score (nSPS) is 14.5. The van der Waals surface area contributed by atoms with Gasteiger partial charge in [0.2, 0.25) is 0 Å². The molecule has 7 nitrogen and oxygen atoms in total. The van der Waals surface area contributed by atoms with Crippen molar-refractivity contribution >= 4 is 11.9 Å². The smallest absolute Gasteiger partial charge is 0.336 e. The Bertz CT molecular complexity index is 964. The molecule has 0 amide bonds. The molecule has 0 bridgehead atoms. The first kappa shape index (κ1) is 22.3. The van der Waals surface area contributed by atoms with E-state index in [1.807, 2.05) is 48.9 Å². The maximum atomic E-state index is 13.1. The predicted molar refractivity (Wildman–Crippen MR) is 117 cm³/mol. The van der Waals surface area contributed by atoms with Gasteiger partial charge in [0.05, 0.1) is 36.6 Å². The second kappa shape index (κ2) is 10.1. The van der Waals surface area contributed by atoms with E-state index >= 15 is 0 Å². The van der Waals surface area contributed by atoms with Crippen molar-refractivity contribution in [1.82, 2.24) is 14.9 Å². The monoisotopic (exact) mass is 423 g/mol. The topological polar surface area (TPSA) is 82.5 Å². The molecule has 0 saturated heterocycles. The zero-order valence-electron chi connectivity index (χ0n) is 18.5. The molecule has 0 unspecified atom stereocenters. The quantitative estimate of drug-likeness (QED) is 0.646. The van der Waals surface area contributed by atoms with Crippen molar-refractivity contribution in [3.8, 4) is 5.69 Å². The van der Waals surface area contributed by atoms with Crippen LogP contribution in [-0.4, -0.2) is 34.7 Å². The lowest BCUT2D eigenvalue weighted by atomic mass is 9.79. The second-order valence-electron chi connectivity index (χ2n) is 7.06. The Morgan fingerprint density at radius 2 is 1.61 bits per heavy atom. The zero-order chi connectivity index (χ0) is 22.4. The third kappa shape index (κ3) is 4.55. The lowest BCUT2D eigenvalue weighted by Gasteiger charge is -2.32. The largest absolute Gasteiger partial charge is 0.463 e. The summed E-state index contributed by atoms with van der Waals surface area (Å²) in [7, 11) is 0. The van der Waals surface area contributed by atoms with Gasteiger partial charge in [0, 0.05) is 29.5 Å². The average Bonchev–Trinajstić information content (AvgIpc) is 3.33. The van der Waals surface area contributed by atoms with Gasteiger partial charge in [-0.15, -0.1) is 0 Å². The van der Waals surface area contributed by atoms with Crippen molar-refractivity contribution in [3.63, 3.8) is 0 Å². The number of nitrogens with zero attached hydrogens (tertiary/aromatic N) is 2. The van der Waals surface area contributed by atoms with Gasteiger partial charge in [0.1, 0.15) is 0 Å². The Kier molecular flexibility index (Phi) is 7.28. The van der Waals surface area contributed by atoms with Crippen molar-refractivity contribution in [2.75, 3.05) is 13.2 Å². The van der Waals surface area contributed by atoms with Gasteiger partial charge in [-0.3, -0.25) is 0 Å². The standard InChI is InChI=1S/C24H29N3O4/c1-5-18-21(23(28)30-7-3)20(22(19(6-2)26-18)24(29)31-8-4)16-10-9-11-17(14-16)27-13-12-25-15-27/h9-15,20,26H,5-8H2,1-4H3. The number of hydrogen-bond acceptors (Lipinski definition) is 6. The summed E-state index contributed by atoms with van der Waals surface area (Å²) in [5, 5.41) is 3.32. The number of aromatic nitrogens is 2. The predicted octanol–water partition coefficient (Wildman–Crippen LogP) is 4.01. The van der Waals surface area contributed by atoms with Crippen LogP contribution in [0.25, 0.3) is 5.69 Å². The van der Waals surface area contributed by atoms with Crippen molar-refractivity contribution < 1.29 is 19.1 Å². The number of imidazole rings is 1. The highest BCUT2D eigenvalue weighted by atomic mass is 16.5. The van der Waals surface area contributed by atoms with E-state index in [0.717, 1.165) is 22.6 Å². The molecule has 3 rings (SSSR count). The van der Waals surface area contributed by atoms with Crippen LogP contribution in [-0.2, 0) is 19.1 Å². The number of ether oxygens (including phenoxy) is 2. The van der Waals surface area contributed by atoms with Gasteiger partial charge >= 0.3 is 11.9 Å². The summed E-state index contributed by atoms with van der Waals surface area (Å²) in [6.07, 6.45) is 6.47. The Balaban J connectivity index is 2.23. The van der Waals surface area contributed by atoms with Gasteiger partial charge in [-0.25, -0.2) is 14.6 Å². The molecule has 0 spiro atoms. The Morgan fingerprint density at radius 1 is 1.00 bits per heavy atom. The summed E-state index contributed by atoms with van der Waals surface area (Å²) in [5.41, 5.74) is 4.13. The van der Waals surface area contributed by atoms with E-state index in [9.17, 15) is 9.59 Å². The molecule has 2 heterocycles. The zero-order valence-corrected chi connectivity index (χ0v) is 18.5. The molecule has 0 atom stereocenters. The van der Waals surface area contributed by atoms with E-state index < -0.39 is 17.9 Å². The van der Waals surface area contributed by atoms with Gasteiger partial charge in [0.15, 0.2) is 0 Å². The number of benzene rings is 1. The fourth-order valence-corrected chi connectivity index (χ4v) is 3.88. The minimum Gasteiger partial charge on any atom is -0.463 e. The van der Waals surface area contributed by atoms with Crippen LogP contribution in [0, 0.1) is 0 Å². The molecule has 7 heteroatoms. The molecule has 0 saturated carbocycles. The van der Waals surface area contributed by atoms with Crippen LogP contribution in [0.3, 0.4) is 0 Å². The van der Waals surface area contributed by atoms with Crippen LogP contribution >= 0.6 is 0 Å². The number of esters is 2. The van der Waals surface area contributed by atoms with Crippen molar-refractivity contribution in [3.05, 3.63) is 71.1 Å². The summed E-state index contributed by atoms with van der Waals surface area (Å²) in [5.74, 6) is -1.45. The number of carbonyl (C=O) groups is 2. The molecule has 164 valence electrons. The van der Waals surface area contributed by atoms with Crippen LogP contribution in [0.15, 0.2) is 65.5 Å². The summed E-state index contributed by atoms with van der Waals surface area (Å²) in [4.78, 5) is 30.3.